The number of aliphatic hydroxyl groups excluding tert-OH is 1. The summed E-state index contributed by atoms with van der Waals surface area (Å²) in [5.41, 5.74) is 0.244. The quantitative estimate of drug-likeness (QED) is 0.602. The lowest BCUT2D eigenvalue weighted by molar-refractivity contribution is -0.171. The molecule has 2 saturated heterocycles. The number of fused-ring (bicyclic) bond motifs is 2. The van der Waals surface area contributed by atoms with Crippen molar-refractivity contribution in [2.45, 2.75) is 88.7 Å². The van der Waals surface area contributed by atoms with E-state index in [0.29, 0.717) is 30.5 Å². The Balaban J connectivity index is 1.67. The molecule has 2 bridgehead atoms. The zero-order valence-electron chi connectivity index (χ0n) is 15.6. The molecule has 2 N–H and O–H groups in total. The Labute approximate surface area is 150 Å². The van der Waals surface area contributed by atoms with Crippen molar-refractivity contribution in [3.05, 3.63) is 23.3 Å². The highest BCUT2D eigenvalue weighted by Gasteiger charge is 2.44. The molecule has 0 aromatic carbocycles. The third kappa shape index (κ3) is 3.99. The number of aliphatic hydroxyl groups is 2. The second-order valence-corrected chi connectivity index (χ2v) is 8.23. The Kier molecular flexibility index (Phi) is 5.37. The van der Waals surface area contributed by atoms with Gasteiger partial charge in [0.25, 0.3) is 0 Å². The Morgan fingerprint density at radius 2 is 1.96 bits per heavy atom. The molecule has 25 heavy (non-hydrogen) atoms. The number of allylic oxidation sites excluding steroid dienone is 2. The summed E-state index contributed by atoms with van der Waals surface area (Å²) in [4.78, 5) is 15.1. The number of piperidine rings is 1. The maximum Gasteiger partial charge on any atom is 0.342 e. The standard InChI is InChI=1S/C20H31NO4/c1-13(2)4-5-14-12-20(24,9-8-18(14)22)19(23)25-17-10-15-6-7-16(11-17)21(15)3/h4,12,15-18,22,24H,5-11H2,1-3H3. The molecule has 0 spiro atoms. The van der Waals surface area contributed by atoms with Crippen molar-refractivity contribution < 1.29 is 19.7 Å². The summed E-state index contributed by atoms with van der Waals surface area (Å²) in [6.07, 6.45) is 8.02. The van der Waals surface area contributed by atoms with Crippen LogP contribution < -0.4 is 0 Å². The van der Waals surface area contributed by atoms with Gasteiger partial charge in [0.2, 0.25) is 0 Å². The van der Waals surface area contributed by atoms with E-state index < -0.39 is 17.7 Å². The van der Waals surface area contributed by atoms with E-state index in [4.69, 9.17) is 4.74 Å². The van der Waals surface area contributed by atoms with Gasteiger partial charge in [-0.25, -0.2) is 4.79 Å². The van der Waals surface area contributed by atoms with E-state index in [9.17, 15) is 15.0 Å². The SMILES string of the molecule is CC(C)=CCC1=CC(O)(C(=O)OC2CC3CCC(C2)N3C)CCC1O. The molecule has 2 heterocycles. The van der Waals surface area contributed by atoms with Crippen LogP contribution in [0.2, 0.25) is 0 Å². The third-order valence-electron chi connectivity index (χ3n) is 6.08. The lowest BCUT2D eigenvalue weighted by Crippen LogP contribution is -2.48. The maximum atomic E-state index is 12.7. The normalized spacial score (nSPS) is 38.2. The first-order valence-electron chi connectivity index (χ1n) is 9.47. The van der Waals surface area contributed by atoms with Gasteiger partial charge in [0.15, 0.2) is 5.60 Å². The summed E-state index contributed by atoms with van der Waals surface area (Å²) >= 11 is 0. The number of hydrogen-bond acceptors (Lipinski definition) is 5. The lowest BCUT2D eigenvalue weighted by Gasteiger charge is -2.38. The summed E-state index contributed by atoms with van der Waals surface area (Å²) in [5.74, 6) is -0.553. The molecule has 5 nitrogen and oxygen atoms in total. The van der Waals surface area contributed by atoms with Gasteiger partial charge < -0.3 is 19.8 Å². The molecule has 1 aliphatic carbocycles. The van der Waals surface area contributed by atoms with E-state index in [1.54, 1.807) is 0 Å². The van der Waals surface area contributed by atoms with Gasteiger partial charge in [0.05, 0.1) is 6.10 Å². The zero-order valence-corrected chi connectivity index (χ0v) is 15.6. The summed E-state index contributed by atoms with van der Waals surface area (Å²) in [6, 6.07) is 0.978. The van der Waals surface area contributed by atoms with Crippen LogP contribution in [0.5, 0.6) is 0 Å². The molecule has 2 fully saturated rings. The monoisotopic (exact) mass is 349 g/mol. The van der Waals surface area contributed by atoms with Crippen molar-refractivity contribution in [1.29, 1.82) is 0 Å². The third-order valence-corrected chi connectivity index (χ3v) is 6.08. The minimum absolute atomic E-state index is 0.105. The van der Waals surface area contributed by atoms with Gasteiger partial charge in [-0.05, 0) is 77.5 Å². The summed E-state index contributed by atoms with van der Waals surface area (Å²) in [6.45, 7) is 3.98. The van der Waals surface area contributed by atoms with Crippen LogP contribution in [0.25, 0.3) is 0 Å². The van der Waals surface area contributed by atoms with Gasteiger partial charge in [-0.15, -0.1) is 0 Å². The second-order valence-electron chi connectivity index (χ2n) is 8.23. The van der Waals surface area contributed by atoms with Gasteiger partial charge >= 0.3 is 5.97 Å². The van der Waals surface area contributed by atoms with E-state index >= 15 is 0 Å². The topological polar surface area (TPSA) is 70.0 Å². The minimum Gasteiger partial charge on any atom is -0.460 e. The number of rotatable bonds is 4. The van der Waals surface area contributed by atoms with E-state index in [1.165, 1.54) is 18.9 Å². The first-order valence-corrected chi connectivity index (χ1v) is 9.47. The summed E-state index contributed by atoms with van der Waals surface area (Å²) in [7, 11) is 2.15. The van der Waals surface area contributed by atoms with Crippen molar-refractivity contribution in [2.75, 3.05) is 7.05 Å². The number of ether oxygens (including phenoxy) is 1. The Morgan fingerprint density at radius 3 is 2.56 bits per heavy atom. The van der Waals surface area contributed by atoms with Crippen LogP contribution in [0.1, 0.15) is 58.8 Å². The molecule has 0 amide bonds. The van der Waals surface area contributed by atoms with Gasteiger partial charge in [-0.1, -0.05) is 11.6 Å². The molecule has 2 aliphatic heterocycles. The molecule has 140 valence electrons. The first-order chi connectivity index (χ1) is 11.8. The van der Waals surface area contributed by atoms with Crippen LogP contribution in [-0.2, 0) is 9.53 Å². The zero-order chi connectivity index (χ0) is 18.2. The average molecular weight is 349 g/mol. The number of carbonyl (C=O) groups is 1. The predicted molar refractivity (Wildman–Crippen MR) is 96.0 cm³/mol. The molecular weight excluding hydrogens is 318 g/mol. The lowest BCUT2D eigenvalue weighted by atomic mass is 9.83. The Hall–Kier alpha value is -1.17. The second kappa shape index (κ2) is 7.22. The molecule has 3 rings (SSSR count). The fourth-order valence-electron chi connectivity index (χ4n) is 4.41. The molecule has 0 radical (unpaired) electrons. The van der Waals surface area contributed by atoms with Gasteiger partial charge in [0, 0.05) is 12.1 Å². The molecule has 0 aromatic rings. The van der Waals surface area contributed by atoms with Crippen molar-refractivity contribution >= 4 is 5.97 Å². The van der Waals surface area contributed by atoms with Gasteiger partial charge in [-0.3, -0.25) is 0 Å². The van der Waals surface area contributed by atoms with E-state index in [0.717, 1.165) is 18.4 Å². The highest BCUT2D eigenvalue weighted by Crippen LogP contribution is 2.37. The highest BCUT2D eigenvalue weighted by atomic mass is 16.6. The highest BCUT2D eigenvalue weighted by molar-refractivity contribution is 5.82. The van der Waals surface area contributed by atoms with Gasteiger partial charge in [0.1, 0.15) is 6.10 Å². The maximum absolute atomic E-state index is 12.7. The van der Waals surface area contributed by atoms with Gasteiger partial charge in [-0.2, -0.15) is 0 Å². The summed E-state index contributed by atoms with van der Waals surface area (Å²) < 4.78 is 5.71. The Bertz CT molecular complexity index is 566. The van der Waals surface area contributed by atoms with Crippen molar-refractivity contribution in [3.63, 3.8) is 0 Å². The van der Waals surface area contributed by atoms with E-state index in [-0.39, 0.29) is 12.5 Å². The first kappa shape index (κ1) is 18.6. The number of nitrogens with zero attached hydrogens (tertiary/aromatic N) is 1. The minimum atomic E-state index is -1.60. The molecule has 0 saturated carbocycles. The molecule has 5 heteroatoms. The van der Waals surface area contributed by atoms with Crippen LogP contribution in [0.4, 0.5) is 0 Å². The smallest absolute Gasteiger partial charge is 0.342 e. The van der Waals surface area contributed by atoms with Crippen LogP contribution in [0.15, 0.2) is 23.3 Å². The van der Waals surface area contributed by atoms with Crippen LogP contribution in [0.3, 0.4) is 0 Å². The van der Waals surface area contributed by atoms with Crippen LogP contribution in [-0.4, -0.2) is 58.0 Å². The van der Waals surface area contributed by atoms with Crippen molar-refractivity contribution in [2.24, 2.45) is 0 Å². The van der Waals surface area contributed by atoms with Crippen LogP contribution in [0, 0.1) is 0 Å². The van der Waals surface area contributed by atoms with E-state index in [1.807, 2.05) is 19.9 Å². The Morgan fingerprint density at radius 1 is 1.32 bits per heavy atom. The molecule has 4 atom stereocenters. The number of carbonyl (C=O) groups excluding carboxylic acids is 1. The molecule has 3 aliphatic rings. The van der Waals surface area contributed by atoms with Crippen molar-refractivity contribution in [1.82, 2.24) is 4.90 Å². The molecule has 0 aromatic heterocycles. The molecular formula is C20H31NO4. The fourth-order valence-corrected chi connectivity index (χ4v) is 4.41. The number of esters is 1. The fraction of sp³-hybridized carbons (Fsp3) is 0.750. The average Bonchev–Trinajstić information content (AvgIpc) is 2.77. The summed E-state index contributed by atoms with van der Waals surface area (Å²) in [5, 5.41) is 21.0. The van der Waals surface area contributed by atoms with Crippen LogP contribution >= 0.6 is 0 Å². The molecule has 4 unspecified atom stereocenters. The predicted octanol–water partition coefficient (Wildman–Crippen LogP) is 2.32. The van der Waals surface area contributed by atoms with Crippen molar-refractivity contribution in [3.8, 4) is 0 Å². The largest absolute Gasteiger partial charge is 0.460 e. The number of hydrogen-bond donors (Lipinski definition) is 2. The van der Waals surface area contributed by atoms with E-state index in [2.05, 4.69) is 11.9 Å².